The van der Waals surface area contributed by atoms with Crippen LogP contribution in [0.25, 0.3) is 0 Å². The normalized spacial score (nSPS) is 22.4. The van der Waals surface area contributed by atoms with E-state index in [9.17, 15) is 0 Å². The quantitative estimate of drug-likeness (QED) is 0.478. The van der Waals surface area contributed by atoms with Gasteiger partial charge in [0.1, 0.15) is 0 Å². The molecule has 1 heterocycles. The van der Waals surface area contributed by atoms with Crippen LogP contribution in [0.4, 0.5) is 0 Å². The van der Waals surface area contributed by atoms with Gasteiger partial charge in [-0.3, -0.25) is 16.0 Å². The van der Waals surface area contributed by atoms with Crippen LogP contribution in [0.5, 0.6) is 0 Å². The second kappa shape index (κ2) is 9.42. The fourth-order valence-corrected chi connectivity index (χ4v) is 1.55. The molecular formula is C11H24N3O2+. The summed E-state index contributed by atoms with van der Waals surface area (Å²) in [5, 5.41) is 3.07. The molecule has 0 fully saturated rings. The molecule has 0 aromatic rings. The molecule has 0 bridgehead atoms. The Balaban J connectivity index is 2.19. The molecule has 1 aliphatic rings. The first kappa shape index (κ1) is 13.3. The van der Waals surface area contributed by atoms with E-state index in [2.05, 4.69) is 10.3 Å². The van der Waals surface area contributed by atoms with Gasteiger partial charge in [-0.1, -0.05) is 12.8 Å². The number of hydrogen-bond acceptors (Lipinski definition) is 4. The molecule has 94 valence electrons. The molecule has 0 unspecified atom stereocenters. The minimum atomic E-state index is 0.648. The molecule has 5 heteroatoms. The van der Waals surface area contributed by atoms with Gasteiger partial charge in [-0.2, -0.15) is 0 Å². The van der Waals surface area contributed by atoms with Crippen LogP contribution < -0.4 is 16.0 Å². The lowest BCUT2D eigenvalue weighted by atomic mass is 10.2. The van der Waals surface area contributed by atoms with Gasteiger partial charge in [-0.25, -0.2) is 0 Å². The largest absolute Gasteiger partial charge is 0.379 e. The zero-order chi connectivity index (χ0) is 11.5. The van der Waals surface area contributed by atoms with E-state index in [1.54, 1.807) is 0 Å². The van der Waals surface area contributed by atoms with Gasteiger partial charge in [0, 0.05) is 6.61 Å². The van der Waals surface area contributed by atoms with Gasteiger partial charge < -0.3 is 9.47 Å². The molecule has 0 saturated carbocycles. The average Bonchev–Trinajstić information content (AvgIpc) is 2.29. The molecule has 0 atom stereocenters. The number of guanidine groups is 1. The third-order valence-electron chi connectivity index (χ3n) is 2.46. The highest BCUT2D eigenvalue weighted by Gasteiger charge is 1.99. The van der Waals surface area contributed by atoms with Gasteiger partial charge in [0.15, 0.2) is 0 Å². The van der Waals surface area contributed by atoms with E-state index in [1.807, 2.05) is 0 Å². The molecule has 0 aromatic heterocycles. The Kier molecular flexibility index (Phi) is 7.80. The highest BCUT2D eigenvalue weighted by molar-refractivity contribution is 5.71. The molecule has 5 nitrogen and oxygen atoms in total. The van der Waals surface area contributed by atoms with Crippen LogP contribution >= 0.6 is 0 Å². The van der Waals surface area contributed by atoms with Crippen molar-refractivity contribution in [3.8, 4) is 0 Å². The lowest BCUT2D eigenvalue weighted by Gasteiger charge is -2.04. The number of rotatable bonds is 0. The van der Waals surface area contributed by atoms with E-state index in [0.717, 1.165) is 32.5 Å². The summed E-state index contributed by atoms with van der Waals surface area (Å²) in [6, 6.07) is 0. The second-order valence-corrected chi connectivity index (χ2v) is 3.91. The lowest BCUT2D eigenvalue weighted by Crippen LogP contribution is -2.79. The highest BCUT2D eigenvalue weighted by atomic mass is 16.5. The standard InChI is InChI=1S/C11H23N3O2/c12-11-13-5-3-1-2-4-7-15-9-10-16-8-6-14-11/h1-10H2,(H3,12,13,14)/p+1. The third kappa shape index (κ3) is 7.48. The van der Waals surface area contributed by atoms with Crippen LogP contribution in [-0.2, 0) is 9.47 Å². The zero-order valence-electron chi connectivity index (χ0n) is 9.96. The Morgan fingerprint density at radius 2 is 1.69 bits per heavy atom. The van der Waals surface area contributed by atoms with Gasteiger partial charge >= 0.3 is 5.96 Å². The molecular weight excluding hydrogens is 206 g/mol. The zero-order valence-corrected chi connectivity index (χ0v) is 9.96. The monoisotopic (exact) mass is 230 g/mol. The number of hydrogen-bond donors (Lipinski definition) is 3. The van der Waals surface area contributed by atoms with E-state index in [4.69, 9.17) is 15.2 Å². The summed E-state index contributed by atoms with van der Waals surface area (Å²) in [5.41, 5.74) is 5.73. The number of nitrogens with one attached hydrogen (secondary N) is 2. The fourth-order valence-electron chi connectivity index (χ4n) is 1.55. The second-order valence-electron chi connectivity index (χ2n) is 3.91. The van der Waals surface area contributed by atoms with Crippen LogP contribution in [0.2, 0.25) is 0 Å². The topological polar surface area (TPSA) is 70.5 Å². The van der Waals surface area contributed by atoms with Crippen molar-refractivity contribution in [2.75, 3.05) is 39.5 Å². The molecule has 0 aliphatic carbocycles. The first-order valence-electron chi connectivity index (χ1n) is 6.15. The molecule has 0 aromatic carbocycles. The van der Waals surface area contributed by atoms with E-state index >= 15 is 0 Å². The molecule has 4 N–H and O–H groups in total. The Morgan fingerprint density at radius 3 is 2.56 bits per heavy atom. The van der Waals surface area contributed by atoms with Crippen molar-refractivity contribution in [2.24, 2.45) is 5.73 Å². The van der Waals surface area contributed by atoms with Crippen LogP contribution in [0.15, 0.2) is 0 Å². The SMILES string of the molecule is NC1=[NH+]CCCCCCOCCOCCN1. The summed E-state index contributed by atoms with van der Waals surface area (Å²) in [4.78, 5) is 3.15. The van der Waals surface area contributed by atoms with Crippen molar-refractivity contribution < 1.29 is 14.5 Å². The number of ether oxygens (including phenoxy) is 2. The maximum atomic E-state index is 5.73. The summed E-state index contributed by atoms with van der Waals surface area (Å²) in [5.74, 6) is 0.648. The molecule has 0 amide bonds. The smallest absolute Gasteiger partial charge is 0.341 e. The summed E-state index contributed by atoms with van der Waals surface area (Å²) in [7, 11) is 0. The van der Waals surface area contributed by atoms with Crippen LogP contribution in [-0.4, -0.2) is 45.5 Å². The average molecular weight is 230 g/mol. The Bertz CT molecular complexity index is 198. The summed E-state index contributed by atoms with van der Waals surface area (Å²) in [6.07, 6.45) is 4.73. The number of nitrogens with two attached hydrogens (primary N) is 1. The van der Waals surface area contributed by atoms with Crippen LogP contribution in [0.3, 0.4) is 0 Å². The van der Waals surface area contributed by atoms with Crippen LogP contribution in [0, 0.1) is 0 Å². The van der Waals surface area contributed by atoms with Crippen molar-refractivity contribution in [1.82, 2.24) is 5.32 Å². The lowest BCUT2D eigenvalue weighted by molar-refractivity contribution is -0.461. The molecule has 0 saturated heterocycles. The summed E-state index contributed by atoms with van der Waals surface area (Å²) in [6.45, 7) is 4.53. The minimum Gasteiger partial charge on any atom is -0.379 e. The van der Waals surface area contributed by atoms with Crippen molar-refractivity contribution in [1.29, 1.82) is 0 Å². The Hall–Kier alpha value is -0.810. The van der Waals surface area contributed by atoms with Crippen molar-refractivity contribution in [2.45, 2.75) is 25.7 Å². The first-order valence-corrected chi connectivity index (χ1v) is 6.15. The maximum absolute atomic E-state index is 5.73. The summed E-state index contributed by atoms with van der Waals surface area (Å²) < 4.78 is 10.8. The minimum absolute atomic E-state index is 0.648. The summed E-state index contributed by atoms with van der Waals surface area (Å²) >= 11 is 0. The van der Waals surface area contributed by atoms with Gasteiger partial charge in [-0.15, -0.1) is 0 Å². The third-order valence-corrected chi connectivity index (χ3v) is 2.46. The van der Waals surface area contributed by atoms with E-state index in [0.29, 0.717) is 25.8 Å². The van der Waals surface area contributed by atoms with Gasteiger partial charge in [0.25, 0.3) is 0 Å². The molecule has 1 rings (SSSR count). The van der Waals surface area contributed by atoms with E-state index < -0.39 is 0 Å². The highest BCUT2D eigenvalue weighted by Crippen LogP contribution is 1.98. The molecule has 0 radical (unpaired) electrons. The fraction of sp³-hybridized carbons (Fsp3) is 0.909. The molecule has 0 spiro atoms. The van der Waals surface area contributed by atoms with Crippen molar-refractivity contribution >= 4 is 5.96 Å². The molecule has 1 aliphatic heterocycles. The maximum Gasteiger partial charge on any atom is 0.341 e. The van der Waals surface area contributed by atoms with E-state index in [-0.39, 0.29) is 0 Å². The predicted octanol–water partition coefficient (Wildman–Crippen LogP) is -1.42. The van der Waals surface area contributed by atoms with Crippen molar-refractivity contribution in [3.05, 3.63) is 0 Å². The van der Waals surface area contributed by atoms with Crippen LogP contribution in [0.1, 0.15) is 25.7 Å². The van der Waals surface area contributed by atoms with Gasteiger partial charge in [0.2, 0.25) is 0 Å². The first-order chi connectivity index (χ1) is 7.89. The van der Waals surface area contributed by atoms with Gasteiger partial charge in [-0.05, 0) is 12.8 Å². The van der Waals surface area contributed by atoms with Gasteiger partial charge in [0.05, 0.1) is 32.9 Å². The Morgan fingerprint density at radius 1 is 0.938 bits per heavy atom. The Labute approximate surface area is 97.4 Å². The van der Waals surface area contributed by atoms with Crippen molar-refractivity contribution in [3.63, 3.8) is 0 Å². The van der Waals surface area contributed by atoms with E-state index in [1.165, 1.54) is 12.8 Å². The predicted molar refractivity (Wildman–Crippen MR) is 63.1 cm³/mol. The molecule has 16 heavy (non-hydrogen) atoms.